The molecule has 3 aliphatic rings. The van der Waals surface area contributed by atoms with Gasteiger partial charge in [-0.1, -0.05) is 38.5 Å². The first-order chi connectivity index (χ1) is 10.5. The van der Waals surface area contributed by atoms with Gasteiger partial charge in [0, 0.05) is 12.3 Å². The lowest BCUT2D eigenvalue weighted by Gasteiger charge is -2.50. The third-order valence-corrected chi connectivity index (χ3v) is 6.61. The summed E-state index contributed by atoms with van der Waals surface area (Å²) in [5, 5.41) is 10.5. The van der Waals surface area contributed by atoms with Gasteiger partial charge in [0.1, 0.15) is 5.78 Å². The Morgan fingerprint density at radius 1 is 1.17 bits per heavy atom. The van der Waals surface area contributed by atoms with Crippen molar-refractivity contribution in [1.29, 1.82) is 0 Å². The summed E-state index contributed by atoms with van der Waals surface area (Å²) in [5.41, 5.74) is -0.880. The second kappa shape index (κ2) is 4.89. The van der Waals surface area contributed by atoms with Crippen LogP contribution in [0.4, 0.5) is 0 Å². The van der Waals surface area contributed by atoms with E-state index in [4.69, 9.17) is 0 Å². The molecule has 0 aromatic carbocycles. The Kier molecular flexibility index (Phi) is 3.54. The van der Waals surface area contributed by atoms with Gasteiger partial charge in [0.15, 0.2) is 5.78 Å². The van der Waals surface area contributed by atoms with Crippen LogP contribution in [0, 0.1) is 28.6 Å². The summed E-state index contributed by atoms with van der Waals surface area (Å²) in [6, 6.07) is 0. The Balaban J connectivity index is 2.13. The topological polar surface area (TPSA) is 54.4 Å². The molecule has 3 rings (SSSR count). The molecule has 3 nitrogen and oxygen atoms in total. The molecule has 0 radical (unpaired) electrons. The first-order valence-corrected chi connectivity index (χ1v) is 8.73. The van der Waals surface area contributed by atoms with E-state index in [1.807, 2.05) is 26.0 Å². The molecule has 0 heterocycles. The minimum atomic E-state index is -0.895. The highest BCUT2D eigenvalue weighted by atomic mass is 16.3. The highest BCUT2D eigenvalue weighted by molar-refractivity contribution is 6.15. The van der Waals surface area contributed by atoms with Crippen LogP contribution in [0.1, 0.15) is 53.9 Å². The maximum atomic E-state index is 13.0. The van der Waals surface area contributed by atoms with Crippen LogP contribution >= 0.6 is 0 Å². The van der Waals surface area contributed by atoms with Crippen molar-refractivity contribution in [2.24, 2.45) is 28.6 Å². The lowest BCUT2D eigenvalue weighted by molar-refractivity contribution is -0.148. The van der Waals surface area contributed by atoms with Crippen LogP contribution in [-0.2, 0) is 9.59 Å². The highest BCUT2D eigenvalue weighted by Gasteiger charge is 2.62. The fourth-order valence-corrected chi connectivity index (χ4v) is 4.97. The standard InChI is InChI=1S/C20H28O3/c1-12(2)13-10-15(21)20(5)16(22)11-18(3)8-9-19(4,23)7-6-14(18)17(13)20/h8-10,12,14,17,23H,6-7,11H2,1-5H3/t14-,17?,18?,19+,20?/m1/s1. The van der Waals surface area contributed by atoms with E-state index in [1.165, 1.54) is 0 Å². The monoisotopic (exact) mass is 316 g/mol. The molecule has 23 heavy (non-hydrogen) atoms. The number of rotatable bonds is 1. The zero-order chi connectivity index (χ0) is 17.2. The fraction of sp³-hybridized carbons (Fsp3) is 0.700. The molecular formula is C20H28O3. The van der Waals surface area contributed by atoms with Crippen molar-refractivity contribution in [2.45, 2.75) is 59.5 Å². The number of aliphatic hydroxyl groups is 1. The number of carbonyl (C=O) groups excluding carboxylic acids is 2. The van der Waals surface area contributed by atoms with E-state index in [9.17, 15) is 14.7 Å². The second-order valence-electron chi connectivity index (χ2n) is 8.78. The number of hydrogen-bond acceptors (Lipinski definition) is 3. The van der Waals surface area contributed by atoms with Crippen molar-refractivity contribution in [3.8, 4) is 0 Å². The molecule has 1 fully saturated rings. The molecule has 0 spiro atoms. The largest absolute Gasteiger partial charge is 0.386 e. The molecule has 1 N–H and O–H groups in total. The fourth-order valence-electron chi connectivity index (χ4n) is 4.97. The number of fused-ring (bicyclic) bond motifs is 3. The van der Waals surface area contributed by atoms with Crippen LogP contribution in [0.15, 0.2) is 23.8 Å². The van der Waals surface area contributed by atoms with E-state index in [-0.39, 0.29) is 34.7 Å². The molecule has 126 valence electrons. The van der Waals surface area contributed by atoms with E-state index in [2.05, 4.69) is 20.8 Å². The molecule has 0 saturated heterocycles. The molecule has 5 atom stereocenters. The first-order valence-electron chi connectivity index (χ1n) is 8.73. The zero-order valence-electron chi connectivity index (χ0n) is 14.8. The number of carbonyl (C=O) groups is 2. The summed E-state index contributed by atoms with van der Waals surface area (Å²) in [7, 11) is 0. The molecule has 1 saturated carbocycles. The normalized spacial score (nSPS) is 46.5. The SMILES string of the molecule is CC(C)C1=CC(=O)C2(C)C(=O)CC3(C)C=C[C@@](C)(O)CC[C@@H]3C12. The predicted octanol–water partition coefficient (Wildman–Crippen LogP) is 3.47. The van der Waals surface area contributed by atoms with Crippen LogP contribution in [0.2, 0.25) is 0 Å². The van der Waals surface area contributed by atoms with Gasteiger partial charge in [-0.15, -0.1) is 0 Å². The van der Waals surface area contributed by atoms with Gasteiger partial charge in [-0.05, 0) is 50.0 Å². The number of hydrogen-bond donors (Lipinski definition) is 1. The van der Waals surface area contributed by atoms with Gasteiger partial charge in [-0.25, -0.2) is 0 Å². The number of Topliss-reactive ketones (excluding diaryl/α,β-unsaturated/α-hetero) is 1. The van der Waals surface area contributed by atoms with Gasteiger partial charge in [0.05, 0.1) is 11.0 Å². The molecule has 0 amide bonds. The number of allylic oxidation sites excluding steroid dienone is 3. The molecular weight excluding hydrogens is 288 g/mol. The summed E-state index contributed by atoms with van der Waals surface area (Å²) in [5.74, 6) is 0.492. The summed E-state index contributed by atoms with van der Waals surface area (Å²) >= 11 is 0. The average molecular weight is 316 g/mol. The molecule has 3 aliphatic carbocycles. The van der Waals surface area contributed by atoms with E-state index in [0.717, 1.165) is 12.0 Å². The molecule has 0 aromatic rings. The van der Waals surface area contributed by atoms with Crippen LogP contribution in [-0.4, -0.2) is 22.3 Å². The van der Waals surface area contributed by atoms with E-state index < -0.39 is 11.0 Å². The van der Waals surface area contributed by atoms with Gasteiger partial charge < -0.3 is 5.11 Å². The molecule has 0 bridgehead atoms. The molecule has 3 heteroatoms. The smallest absolute Gasteiger partial charge is 0.169 e. The second-order valence-corrected chi connectivity index (χ2v) is 8.78. The Hall–Kier alpha value is -1.22. The maximum Gasteiger partial charge on any atom is 0.169 e. The van der Waals surface area contributed by atoms with Crippen molar-refractivity contribution in [1.82, 2.24) is 0 Å². The van der Waals surface area contributed by atoms with E-state index in [1.54, 1.807) is 6.08 Å². The van der Waals surface area contributed by atoms with Crippen LogP contribution < -0.4 is 0 Å². The van der Waals surface area contributed by atoms with Gasteiger partial charge in [-0.3, -0.25) is 9.59 Å². The first kappa shape index (κ1) is 16.6. The highest BCUT2D eigenvalue weighted by Crippen LogP contribution is 2.60. The number of ketones is 2. The third kappa shape index (κ3) is 2.27. The van der Waals surface area contributed by atoms with Gasteiger partial charge in [-0.2, -0.15) is 0 Å². The summed E-state index contributed by atoms with van der Waals surface area (Å²) in [4.78, 5) is 25.6. The molecule has 3 unspecified atom stereocenters. The summed E-state index contributed by atoms with van der Waals surface area (Å²) in [6.07, 6.45) is 7.54. The minimum absolute atomic E-state index is 0.0155. The van der Waals surface area contributed by atoms with Gasteiger partial charge in [0.25, 0.3) is 0 Å². The van der Waals surface area contributed by atoms with Gasteiger partial charge in [0.2, 0.25) is 0 Å². The lowest BCUT2D eigenvalue weighted by atomic mass is 9.51. The Labute approximate surface area is 138 Å². The quantitative estimate of drug-likeness (QED) is 0.595. The maximum absolute atomic E-state index is 13.0. The van der Waals surface area contributed by atoms with Crippen molar-refractivity contribution < 1.29 is 14.7 Å². The van der Waals surface area contributed by atoms with Crippen molar-refractivity contribution in [3.05, 3.63) is 23.8 Å². The van der Waals surface area contributed by atoms with Crippen LogP contribution in [0.5, 0.6) is 0 Å². The Morgan fingerprint density at radius 3 is 2.43 bits per heavy atom. The van der Waals surface area contributed by atoms with E-state index in [0.29, 0.717) is 12.8 Å². The predicted molar refractivity (Wildman–Crippen MR) is 89.7 cm³/mol. The molecule has 0 aliphatic heterocycles. The zero-order valence-corrected chi connectivity index (χ0v) is 14.8. The Bertz CT molecular complexity index is 625. The average Bonchev–Trinajstić information content (AvgIpc) is 2.64. The minimum Gasteiger partial charge on any atom is -0.386 e. The third-order valence-electron chi connectivity index (χ3n) is 6.61. The van der Waals surface area contributed by atoms with Crippen LogP contribution in [0.25, 0.3) is 0 Å². The van der Waals surface area contributed by atoms with Gasteiger partial charge >= 0.3 is 0 Å². The van der Waals surface area contributed by atoms with Crippen LogP contribution in [0.3, 0.4) is 0 Å². The molecule has 0 aromatic heterocycles. The summed E-state index contributed by atoms with van der Waals surface area (Å²) in [6.45, 7) is 9.99. The van der Waals surface area contributed by atoms with Crippen molar-refractivity contribution in [2.75, 3.05) is 0 Å². The summed E-state index contributed by atoms with van der Waals surface area (Å²) < 4.78 is 0. The lowest BCUT2D eigenvalue weighted by Crippen LogP contribution is -2.53. The Morgan fingerprint density at radius 2 is 1.83 bits per heavy atom. The van der Waals surface area contributed by atoms with Crippen molar-refractivity contribution >= 4 is 11.6 Å². The van der Waals surface area contributed by atoms with Crippen molar-refractivity contribution in [3.63, 3.8) is 0 Å². The van der Waals surface area contributed by atoms with E-state index >= 15 is 0 Å².